The standard InChI is InChI=1S/C21H17N5O3S2/c27-19(23-17-9-3-1-4-10-17)15-30-21-25-24-20(16-8-7-13-22-14-16)26(21)31(28,29)18-11-5-2-6-12-18/h1-14H,15H2,(H,23,27). The van der Waals surface area contributed by atoms with E-state index in [1.54, 1.807) is 48.7 Å². The van der Waals surface area contributed by atoms with Crippen LogP contribution in [0, 0.1) is 0 Å². The summed E-state index contributed by atoms with van der Waals surface area (Å²) in [6, 6.07) is 20.4. The molecule has 31 heavy (non-hydrogen) atoms. The number of carbonyl (C=O) groups is 1. The van der Waals surface area contributed by atoms with Crippen LogP contribution in [0.5, 0.6) is 0 Å². The summed E-state index contributed by atoms with van der Waals surface area (Å²) in [5.41, 5.74) is 1.15. The molecule has 0 fully saturated rings. The molecule has 0 saturated heterocycles. The molecule has 2 aromatic heterocycles. The average Bonchev–Trinajstić information content (AvgIpc) is 3.24. The lowest BCUT2D eigenvalue weighted by Gasteiger charge is -2.11. The van der Waals surface area contributed by atoms with Crippen molar-refractivity contribution in [3.8, 4) is 11.4 Å². The molecule has 0 atom stereocenters. The van der Waals surface area contributed by atoms with Gasteiger partial charge in [-0.15, -0.1) is 10.2 Å². The Morgan fingerprint density at radius 3 is 2.32 bits per heavy atom. The van der Waals surface area contributed by atoms with Crippen molar-refractivity contribution < 1.29 is 13.2 Å². The highest BCUT2D eigenvalue weighted by atomic mass is 32.2. The van der Waals surface area contributed by atoms with Gasteiger partial charge in [0.2, 0.25) is 11.1 Å². The van der Waals surface area contributed by atoms with Crippen molar-refractivity contribution >= 4 is 33.4 Å². The Labute approximate surface area is 183 Å². The van der Waals surface area contributed by atoms with E-state index in [0.29, 0.717) is 11.3 Å². The fourth-order valence-corrected chi connectivity index (χ4v) is 5.19. The molecule has 1 N–H and O–H groups in total. The predicted octanol–water partition coefficient (Wildman–Crippen LogP) is 3.31. The van der Waals surface area contributed by atoms with Crippen LogP contribution in [0.15, 0.2) is 95.2 Å². The molecule has 0 unspecified atom stereocenters. The Balaban J connectivity index is 1.67. The summed E-state index contributed by atoms with van der Waals surface area (Å²) in [5.74, 6) is -0.196. The Morgan fingerprint density at radius 2 is 1.65 bits per heavy atom. The molecule has 4 aromatic rings. The molecule has 1 amide bonds. The second kappa shape index (κ2) is 9.11. The van der Waals surface area contributed by atoms with Crippen LogP contribution in [0.25, 0.3) is 11.4 Å². The van der Waals surface area contributed by atoms with Gasteiger partial charge >= 0.3 is 0 Å². The van der Waals surface area contributed by atoms with Gasteiger partial charge in [-0.25, -0.2) is 8.42 Å². The maximum Gasteiger partial charge on any atom is 0.271 e. The molecule has 2 aromatic carbocycles. The van der Waals surface area contributed by atoms with Crippen LogP contribution >= 0.6 is 11.8 Å². The highest BCUT2D eigenvalue weighted by molar-refractivity contribution is 8.00. The molecule has 0 saturated carbocycles. The van der Waals surface area contributed by atoms with Crippen molar-refractivity contribution in [3.63, 3.8) is 0 Å². The van der Waals surface area contributed by atoms with Gasteiger partial charge in [0.15, 0.2) is 5.82 Å². The fourth-order valence-electron chi connectivity index (χ4n) is 2.78. The minimum Gasteiger partial charge on any atom is -0.325 e. The normalized spacial score (nSPS) is 11.2. The summed E-state index contributed by atoms with van der Waals surface area (Å²) in [7, 11) is -4.00. The second-order valence-electron chi connectivity index (χ2n) is 6.33. The van der Waals surface area contributed by atoms with Gasteiger partial charge in [-0.1, -0.05) is 48.2 Å². The van der Waals surface area contributed by atoms with E-state index in [1.165, 1.54) is 18.3 Å². The van der Waals surface area contributed by atoms with Crippen molar-refractivity contribution in [1.82, 2.24) is 19.2 Å². The van der Waals surface area contributed by atoms with Crippen LogP contribution in [-0.4, -0.2) is 39.2 Å². The van der Waals surface area contributed by atoms with Crippen molar-refractivity contribution in [2.24, 2.45) is 0 Å². The van der Waals surface area contributed by atoms with Crippen LogP contribution < -0.4 is 5.32 Å². The first-order valence-corrected chi connectivity index (χ1v) is 11.6. The third-order valence-corrected chi connectivity index (χ3v) is 6.93. The number of hydrogen-bond donors (Lipinski definition) is 1. The van der Waals surface area contributed by atoms with Crippen molar-refractivity contribution in [2.45, 2.75) is 10.1 Å². The zero-order valence-corrected chi connectivity index (χ0v) is 17.8. The molecule has 0 spiro atoms. The van der Waals surface area contributed by atoms with Gasteiger partial charge in [0.05, 0.1) is 10.6 Å². The molecule has 2 heterocycles. The molecule has 0 radical (unpaired) electrons. The Kier molecular flexibility index (Phi) is 6.10. The summed E-state index contributed by atoms with van der Waals surface area (Å²) < 4.78 is 27.8. The lowest BCUT2D eigenvalue weighted by molar-refractivity contribution is -0.113. The van der Waals surface area contributed by atoms with Crippen LogP contribution in [0.1, 0.15) is 0 Å². The lowest BCUT2D eigenvalue weighted by atomic mass is 10.3. The first kappa shape index (κ1) is 20.8. The number of nitrogens with one attached hydrogen (secondary N) is 1. The van der Waals surface area contributed by atoms with E-state index in [0.717, 1.165) is 15.7 Å². The number of anilines is 1. The van der Waals surface area contributed by atoms with Gasteiger partial charge < -0.3 is 5.32 Å². The topological polar surface area (TPSA) is 107 Å². The van der Waals surface area contributed by atoms with E-state index in [-0.39, 0.29) is 27.5 Å². The molecule has 0 aliphatic rings. The van der Waals surface area contributed by atoms with Gasteiger partial charge in [-0.3, -0.25) is 9.78 Å². The predicted molar refractivity (Wildman–Crippen MR) is 118 cm³/mol. The number of amides is 1. The third-order valence-electron chi connectivity index (χ3n) is 4.19. The Bertz CT molecular complexity index is 1280. The van der Waals surface area contributed by atoms with Crippen LogP contribution in [0.4, 0.5) is 5.69 Å². The molecule has 0 aliphatic carbocycles. The summed E-state index contributed by atoms with van der Waals surface area (Å²) >= 11 is 0.989. The van der Waals surface area contributed by atoms with Gasteiger partial charge in [0.25, 0.3) is 10.0 Å². The molecule has 10 heteroatoms. The van der Waals surface area contributed by atoms with Crippen molar-refractivity contribution in [2.75, 3.05) is 11.1 Å². The SMILES string of the molecule is O=C(CSc1nnc(-c2cccnc2)n1S(=O)(=O)c1ccccc1)Nc1ccccc1. The average molecular weight is 452 g/mol. The third kappa shape index (κ3) is 4.65. The molecular formula is C21H17N5O3S2. The number of benzene rings is 2. The highest BCUT2D eigenvalue weighted by Gasteiger charge is 2.27. The number of thioether (sulfide) groups is 1. The Hall–Kier alpha value is -3.50. The fraction of sp³-hybridized carbons (Fsp3) is 0.0476. The first-order chi connectivity index (χ1) is 15.1. The van der Waals surface area contributed by atoms with Crippen molar-refractivity contribution in [1.29, 1.82) is 0 Å². The van der Waals surface area contributed by atoms with E-state index in [1.807, 2.05) is 18.2 Å². The van der Waals surface area contributed by atoms with E-state index in [9.17, 15) is 13.2 Å². The number of nitrogens with zero attached hydrogens (tertiary/aromatic N) is 4. The smallest absolute Gasteiger partial charge is 0.271 e. The minimum atomic E-state index is -4.00. The number of carbonyl (C=O) groups excluding carboxylic acids is 1. The summed E-state index contributed by atoms with van der Waals surface area (Å²) in [6.45, 7) is 0. The van der Waals surface area contributed by atoms with Crippen LogP contribution in [0.3, 0.4) is 0 Å². The summed E-state index contributed by atoms with van der Waals surface area (Å²) in [6.07, 6.45) is 3.09. The summed E-state index contributed by atoms with van der Waals surface area (Å²) in [5, 5.41) is 11.0. The van der Waals surface area contributed by atoms with E-state index in [4.69, 9.17) is 0 Å². The van der Waals surface area contributed by atoms with Gasteiger partial charge in [-0.2, -0.15) is 3.97 Å². The molecule has 8 nitrogen and oxygen atoms in total. The maximum absolute atomic E-state index is 13.4. The molecule has 0 aliphatic heterocycles. The van der Waals surface area contributed by atoms with E-state index in [2.05, 4.69) is 20.5 Å². The highest BCUT2D eigenvalue weighted by Crippen LogP contribution is 2.28. The number of aromatic nitrogens is 4. The monoisotopic (exact) mass is 451 g/mol. The zero-order valence-electron chi connectivity index (χ0n) is 16.1. The number of para-hydroxylation sites is 1. The molecule has 4 rings (SSSR count). The van der Waals surface area contributed by atoms with Crippen LogP contribution in [0.2, 0.25) is 0 Å². The number of hydrogen-bond acceptors (Lipinski definition) is 7. The van der Waals surface area contributed by atoms with Gasteiger partial charge in [0, 0.05) is 23.6 Å². The van der Waals surface area contributed by atoms with Gasteiger partial charge in [0.1, 0.15) is 0 Å². The largest absolute Gasteiger partial charge is 0.325 e. The lowest BCUT2D eigenvalue weighted by Crippen LogP contribution is -2.18. The number of rotatable bonds is 7. The minimum absolute atomic E-state index is 0.0373. The summed E-state index contributed by atoms with van der Waals surface area (Å²) in [4.78, 5) is 16.5. The van der Waals surface area contributed by atoms with E-state index >= 15 is 0 Å². The molecular weight excluding hydrogens is 434 g/mol. The zero-order chi connectivity index (χ0) is 21.7. The molecule has 0 bridgehead atoms. The van der Waals surface area contributed by atoms with Crippen molar-refractivity contribution in [3.05, 3.63) is 85.2 Å². The van der Waals surface area contributed by atoms with Gasteiger partial charge in [-0.05, 0) is 36.4 Å². The number of pyridine rings is 1. The van der Waals surface area contributed by atoms with E-state index < -0.39 is 10.0 Å². The second-order valence-corrected chi connectivity index (χ2v) is 9.06. The quantitative estimate of drug-likeness (QED) is 0.430. The van der Waals surface area contributed by atoms with Crippen LogP contribution in [-0.2, 0) is 14.8 Å². The molecule has 156 valence electrons. The first-order valence-electron chi connectivity index (χ1n) is 9.20. The Morgan fingerprint density at radius 1 is 0.935 bits per heavy atom. The maximum atomic E-state index is 13.4.